The molecule has 0 aromatic heterocycles. The van der Waals surface area contributed by atoms with Crippen molar-refractivity contribution in [3.05, 3.63) is 65.7 Å². The van der Waals surface area contributed by atoms with Crippen molar-refractivity contribution in [1.29, 1.82) is 0 Å². The predicted molar refractivity (Wildman–Crippen MR) is 158 cm³/mol. The minimum absolute atomic E-state index is 0.0427. The maximum absolute atomic E-state index is 13.8. The maximum Gasteiger partial charge on any atom is 0.410 e. The van der Waals surface area contributed by atoms with Crippen molar-refractivity contribution >= 4 is 12.0 Å². The van der Waals surface area contributed by atoms with E-state index < -0.39 is 5.60 Å². The summed E-state index contributed by atoms with van der Waals surface area (Å²) in [4.78, 5) is 32.6. The summed E-state index contributed by atoms with van der Waals surface area (Å²) < 4.78 is 5.53. The average molecular weight is 550 g/mol. The van der Waals surface area contributed by atoms with Gasteiger partial charge in [-0.15, -0.1) is 0 Å². The molecule has 1 N–H and O–H groups in total. The zero-order chi connectivity index (χ0) is 29.1. The molecule has 0 radical (unpaired) electrons. The number of rotatable bonds is 5. The highest BCUT2D eigenvalue weighted by atomic mass is 16.6. The van der Waals surface area contributed by atoms with E-state index in [1.165, 1.54) is 5.56 Å². The molecule has 2 saturated heterocycles. The number of piperidine rings is 1. The van der Waals surface area contributed by atoms with Crippen LogP contribution in [0.5, 0.6) is 5.75 Å². The molecule has 2 aliphatic rings. The van der Waals surface area contributed by atoms with Gasteiger partial charge in [0.15, 0.2) is 0 Å². The molecular weight excluding hydrogens is 502 g/mol. The first-order chi connectivity index (χ1) is 18.8. The molecule has 0 aliphatic carbocycles. The minimum Gasteiger partial charge on any atom is -0.508 e. The summed E-state index contributed by atoms with van der Waals surface area (Å²) in [5, 5.41) is 9.90. The summed E-state index contributed by atoms with van der Waals surface area (Å²) >= 11 is 0. The van der Waals surface area contributed by atoms with Crippen molar-refractivity contribution in [3.8, 4) is 5.75 Å². The number of aromatic hydroxyl groups is 1. The molecule has 0 spiro atoms. The molecule has 4 rings (SSSR count). The smallest absolute Gasteiger partial charge is 0.410 e. The molecule has 40 heavy (non-hydrogen) atoms. The lowest BCUT2D eigenvalue weighted by atomic mass is 9.82. The monoisotopic (exact) mass is 549 g/mol. The van der Waals surface area contributed by atoms with Crippen LogP contribution in [0.25, 0.3) is 0 Å². The molecule has 2 amide bonds. The van der Waals surface area contributed by atoms with Crippen LogP contribution in [0.2, 0.25) is 0 Å². The van der Waals surface area contributed by atoms with Crippen LogP contribution in [0.3, 0.4) is 0 Å². The van der Waals surface area contributed by atoms with E-state index in [1.807, 2.05) is 39.0 Å². The van der Waals surface area contributed by atoms with Crippen LogP contribution in [0.4, 0.5) is 4.79 Å². The number of carbonyl (C=O) groups excluding carboxylic acids is 2. The lowest BCUT2D eigenvalue weighted by Crippen LogP contribution is -2.60. The Bertz CT molecular complexity index is 1130. The van der Waals surface area contributed by atoms with Gasteiger partial charge in [-0.05, 0) is 68.2 Å². The molecular formula is C33H47N3O4. The van der Waals surface area contributed by atoms with Gasteiger partial charge in [0, 0.05) is 45.2 Å². The van der Waals surface area contributed by atoms with E-state index in [9.17, 15) is 14.7 Å². The van der Waals surface area contributed by atoms with Crippen molar-refractivity contribution in [2.24, 2.45) is 11.3 Å². The minimum atomic E-state index is -0.504. The molecule has 2 atom stereocenters. The number of phenols is 1. The van der Waals surface area contributed by atoms with E-state index in [0.29, 0.717) is 26.1 Å². The number of likely N-dealkylation sites (tertiary alicyclic amines) is 1. The molecule has 7 heteroatoms. The van der Waals surface area contributed by atoms with Gasteiger partial charge >= 0.3 is 6.09 Å². The molecule has 2 heterocycles. The standard InChI is InChI=1S/C33H47N3O4/c1-32(2,3)28-23-35(30(25-10-8-7-9-11-25)26-12-14-27(37)15-13-26)20-21-36(28)29(38)22-24-16-18-34(19-17-24)31(39)40-33(4,5)6/h7-15,24,28,30,37H,16-23H2,1-6H3/t28-,30?/m1/s1. The number of hydrogen-bond acceptors (Lipinski definition) is 5. The Morgan fingerprint density at radius 3 is 2.05 bits per heavy atom. The van der Waals surface area contributed by atoms with E-state index in [1.54, 1.807) is 17.0 Å². The highest BCUT2D eigenvalue weighted by Crippen LogP contribution is 2.36. The summed E-state index contributed by atoms with van der Waals surface area (Å²) in [5.74, 6) is 0.755. The van der Waals surface area contributed by atoms with Crippen LogP contribution in [0, 0.1) is 11.3 Å². The number of piperazine rings is 1. The van der Waals surface area contributed by atoms with Gasteiger partial charge in [0.05, 0.1) is 6.04 Å². The molecule has 0 bridgehead atoms. The molecule has 0 saturated carbocycles. The van der Waals surface area contributed by atoms with Gasteiger partial charge < -0.3 is 19.6 Å². The van der Waals surface area contributed by atoms with Crippen LogP contribution < -0.4 is 0 Å². The van der Waals surface area contributed by atoms with Crippen LogP contribution in [0.1, 0.15) is 78.0 Å². The van der Waals surface area contributed by atoms with E-state index in [-0.39, 0.29) is 41.2 Å². The second kappa shape index (κ2) is 12.2. The topological polar surface area (TPSA) is 73.3 Å². The third kappa shape index (κ3) is 7.57. The fourth-order valence-electron chi connectivity index (χ4n) is 5.99. The second-order valence-corrected chi connectivity index (χ2v) is 13.5. The molecule has 7 nitrogen and oxygen atoms in total. The number of carbonyl (C=O) groups is 2. The Morgan fingerprint density at radius 1 is 0.875 bits per heavy atom. The van der Waals surface area contributed by atoms with Crippen LogP contribution in [-0.2, 0) is 9.53 Å². The van der Waals surface area contributed by atoms with Gasteiger partial charge in [0.2, 0.25) is 5.91 Å². The number of benzene rings is 2. The molecule has 218 valence electrons. The highest BCUT2D eigenvalue weighted by molar-refractivity contribution is 5.77. The van der Waals surface area contributed by atoms with Gasteiger partial charge in [-0.25, -0.2) is 4.79 Å². The number of phenolic OH excluding ortho intramolecular Hbond substituents is 1. The zero-order valence-electron chi connectivity index (χ0n) is 25.1. The molecule has 2 fully saturated rings. The number of amides is 2. The predicted octanol–water partition coefficient (Wildman–Crippen LogP) is 6.08. The van der Waals surface area contributed by atoms with Gasteiger partial charge in [-0.3, -0.25) is 9.69 Å². The fourth-order valence-corrected chi connectivity index (χ4v) is 5.99. The summed E-state index contributed by atoms with van der Waals surface area (Å²) in [7, 11) is 0. The lowest BCUT2D eigenvalue weighted by molar-refractivity contribution is -0.141. The SMILES string of the molecule is CC(C)(C)OC(=O)N1CCC(CC(=O)N2CCN(C(c3ccccc3)c3ccc(O)cc3)C[C@@H]2C(C)(C)C)CC1. The molecule has 2 aromatic rings. The largest absolute Gasteiger partial charge is 0.508 e. The Balaban J connectivity index is 1.44. The third-order valence-electron chi connectivity index (χ3n) is 8.15. The van der Waals surface area contributed by atoms with Crippen molar-refractivity contribution in [3.63, 3.8) is 0 Å². The van der Waals surface area contributed by atoms with Gasteiger partial charge in [-0.1, -0.05) is 63.2 Å². The van der Waals surface area contributed by atoms with E-state index in [4.69, 9.17) is 4.74 Å². The Labute approximate surface area is 240 Å². The van der Waals surface area contributed by atoms with Crippen molar-refractivity contribution < 1.29 is 19.4 Å². The van der Waals surface area contributed by atoms with Gasteiger partial charge in [0.1, 0.15) is 11.4 Å². The molecule has 1 unspecified atom stereocenters. The Morgan fingerprint density at radius 2 is 1.48 bits per heavy atom. The molecule has 2 aromatic carbocycles. The first-order valence-corrected chi connectivity index (χ1v) is 14.7. The summed E-state index contributed by atoms with van der Waals surface area (Å²) in [6, 6.07) is 18.1. The summed E-state index contributed by atoms with van der Waals surface area (Å²) in [6.45, 7) is 15.8. The molecule has 2 aliphatic heterocycles. The van der Waals surface area contributed by atoms with E-state index in [2.05, 4.69) is 54.8 Å². The Hall–Kier alpha value is -3.06. The maximum atomic E-state index is 13.8. The number of ether oxygens (including phenoxy) is 1. The van der Waals surface area contributed by atoms with Gasteiger partial charge in [0.25, 0.3) is 0 Å². The average Bonchev–Trinajstić information content (AvgIpc) is 2.89. The van der Waals surface area contributed by atoms with Crippen LogP contribution >= 0.6 is 0 Å². The zero-order valence-corrected chi connectivity index (χ0v) is 25.1. The fraction of sp³-hybridized carbons (Fsp3) is 0.576. The van der Waals surface area contributed by atoms with Gasteiger partial charge in [-0.2, -0.15) is 0 Å². The van der Waals surface area contributed by atoms with Crippen LogP contribution in [0.15, 0.2) is 54.6 Å². The van der Waals surface area contributed by atoms with E-state index >= 15 is 0 Å². The van der Waals surface area contributed by atoms with Crippen molar-refractivity contribution in [1.82, 2.24) is 14.7 Å². The van der Waals surface area contributed by atoms with Crippen LogP contribution in [-0.4, -0.2) is 76.2 Å². The van der Waals surface area contributed by atoms with Crippen molar-refractivity contribution in [2.75, 3.05) is 32.7 Å². The third-order valence-corrected chi connectivity index (χ3v) is 8.15. The first-order valence-electron chi connectivity index (χ1n) is 14.7. The highest BCUT2D eigenvalue weighted by Gasteiger charge is 2.41. The second-order valence-electron chi connectivity index (χ2n) is 13.5. The first kappa shape index (κ1) is 29.9. The number of nitrogens with zero attached hydrogens (tertiary/aromatic N) is 3. The lowest BCUT2D eigenvalue weighted by Gasteiger charge is -2.50. The summed E-state index contributed by atoms with van der Waals surface area (Å²) in [6.07, 6.45) is 1.90. The summed E-state index contributed by atoms with van der Waals surface area (Å²) in [5.41, 5.74) is 1.74. The number of hydrogen-bond donors (Lipinski definition) is 1. The van der Waals surface area contributed by atoms with E-state index in [0.717, 1.165) is 31.5 Å². The Kier molecular flexibility index (Phi) is 9.13. The van der Waals surface area contributed by atoms with Crippen molar-refractivity contribution in [2.45, 2.75) is 78.5 Å². The normalized spacial score (nSPS) is 20.3. The quantitative estimate of drug-likeness (QED) is 0.490.